The van der Waals surface area contributed by atoms with Crippen LogP contribution in [0.2, 0.25) is 0 Å². The van der Waals surface area contributed by atoms with Gasteiger partial charge in [-0.15, -0.1) is 0 Å². The molecule has 1 aliphatic heterocycles. The third-order valence-corrected chi connectivity index (χ3v) is 6.66. The summed E-state index contributed by atoms with van der Waals surface area (Å²) < 4.78 is 0. The molecule has 1 fully saturated rings. The molecule has 3 atom stereocenters. The largest absolute Gasteiger partial charge is 0.479 e. The Kier molecular flexibility index (Phi) is 7.86. The predicted molar refractivity (Wildman–Crippen MR) is 140 cm³/mol. The predicted octanol–water partition coefficient (Wildman–Crippen LogP) is 3.07. The van der Waals surface area contributed by atoms with Crippen molar-refractivity contribution in [2.75, 3.05) is 6.54 Å². The average molecular weight is 502 g/mol. The summed E-state index contributed by atoms with van der Waals surface area (Å²) in [5, 5.41) is 17.4. The summed E-state index contributed by atoms with van der Waals surface area (Å²) in [6, 6.07) is 19.4. The van der Waals surface area contributed by atoms with Crippen LogP contribution in [0.5, 0.6) is 0 Å². The van der Waals surface area contributed by atoms with Gasteiger partial charge in [-0.05, 0) is 34.2 Å². The minimum absolute atomic E-state index is 0.120. The summed E-state index contributed by atoms with van der Waals surface area (Å²) in [7, 11) is 0. The summed E-state index contributed by atoms with van der Waals surface area (Å²) in [5.74, 6) is -2.56. The number of likely N-dealkylation sites (tertiary alicyclic amines) is 1. The zero-order valence-electron chi connectivity index (χ0n) is 20.9. The first-order valence-corrected chi connectivity index (χ1v) is 12.4. The van der Waals surface area contributed by atoms with E-state index in [2.05, 4.69) is 10.6 Å². The number of carboxylic acid groups (broad SMARTS) is 1. The summed E-state index contributed by atoms with van der Waals surface area (Å²) in [4.78, 5) is 52.3. The molecule has 1 saturated heterocycles. The smallest absolute Gasteiger partial charge is 0.331 e. The second-order valence-electron chi connectivity index (χ2n) is 9.68. The van der Waals surface area contributed by atoms with Crippen LogP contribution in [0.25, 0.3) is 10.8 Å². The number of carbonyl (C=O) groups excluding carboxylic acids is 3. The Morgan fingerprint density at radius 1 is 0.973 bits per heavy atom. The molecule has 192 valence electrons. The SMILES string of the molecule is CC(C)C(NC(=O)Cc1ccc2ccccc2c1)C(=O)NC1CCN(C(C(=O)O)c2ccccc2)C1=O. The fourth-order valence-corrected chi connectivity index (χ4v) is 4.74. The highest BCUT2D eigenvalue weighted by Gasteiger charge is 2.41. The van der Waals surface area contributed by atoms with Crippen LogP contribution < -0.4 is 10.6 Å². The van der Waals surface area contributed by atoms with Gasteiger partial charge in [0.25, 0.3) is 0 Å². The van der Waals surface area contributed by atoms with Crippen LogP contribution in [0, 0.1) is 5.92 Å². The molecule has 1 heterocycles. The molecule has 0 aliphatic carbocycles. The number of fused-ring (bicyclic) bond motifs is 1. The van der Waals surface area contributed by atoms with Crippen LogP contribution in [-0.2, 0) is 25.6 Å². The van der Waals surface area contributed by atoms with Gasteiger partial charge in [-0.25, -0.2) is 4.79 Å². The number of hydrogen-bond acceptors (Lipinski definition) is 4. The van der Waals surface area contributed by atoms with Crippen molar-refractivity contribution in [1.29, 1.82) is 0 Å². The zero-order valence-corrected chi connectivity index (χ0v) is 20.9. The number of nitrogens with one attached hydrogen (secondary N) is 2. The summed E-state index contributed by atoms with van der Waals surface area (Å²) in [5.41, 5.74) is 1.33. The molecule has 0 aromatic heterocycles. The van der Waals surface area contributed by atoms with Crippen LogP contribution in [0.15, 0.2) is 72.8 Å². The molecule has 3 N–H and O–H groups in total. The molecule has 3 amide bonds. The van der Waals surface area contributed by atoms with E-state index in [9.17, 15) is 24.3 Å². The molecule has 0 radical (unpaired) electrons. The number of benzene rings is 3. The molecule has 1 aliphatic rings. The summed E-state index contributed by atoms with van der Waals surface area (Å²) in [6.45, 7) is 3.84. The molecule has 3 aromatic rings. The lowest BCUT2D eigenvalue weighted by atomic mass is 10.0. The van der Waals surface area contributed by atoms with Crippen molar-refractivity contribution in [3.05, 3.63) is 83.9 Å². The van der Waals surface area contributed by atoms with E-state index in [-0.39, 0.29) is 31.2 Å². The maximum Gasteiger partial charge on any atom is 0.331 e. The Bertz CT molecular complexity index is 1310. The topological polar surface area (TPSA) is 116 Å². The second kappa shape index (κ2) is 11.2. The molecule has 3 unspecified atom stereocenters. The zero-order chi connectivity index (χ0) is 26.5. The maximum absolute atomic E-state index is 13.1. The van der Waals surface area contributed by atoms with Gasteiger partial charge in [-0.2, -0.15) is 0 Å². The highest BCUT2D eigenvalue weighted by Crippen LogP contribution is 2.26. The van der Waals surface area contributed by atoms with Crippen LogP contribution in [0.4, 0.5) is 0 Å². The molecule has 0 saturated carbocycles. The molecular formula is C29H31N3O5. The van der Waals surface area contributed by atoms with Gasteiger partial charge in [0.2, 0.25) is 17.7 Å². The molecule has 4 rings (SSSR count). The first-order chi connectivity index (χ1) is 17.7. The van der Waals surface area contributed by atoms with Crippen LogP contribution in [0.1, 0.15) is 37.4 Å². The molecule has 8 nitrogen and oxygen atoms in total. The number of hydrogen-bond donors (Lipinski definition) is 3. The van der Waals surface area contributed by atoms with E-state index >= 15 is 0 Å². The number of amides is 3. The monoisotopic (exact) mass is 501 g/mol. The van der Waals surface area contributed by atoms with E-state index in [0.717, 1.165) is 16.3 Å². The van der Waals surface area contributed by atoms with Crippen LogP contribution >= 0.6 is 0 Å². The highest BCUT2D eigenvalue weighted by atomic mass is 16.4. The lowest BCUT2D eigenvalue weighted by Crippen LogP contribution is -2.54. The molecule has 0 spiro atoms. The van der Waals surface area contributed by atoms with Crippen LogP contribution in [-0.4, -0.2) is 52.3 Å². The van der Waals surface area contributed by atoms with Gasteiger partial charge in [0, 0.05) is 6.54 Å². The van der Waals surface area contributed by atoms with E-state index in [1.807, 2.05) is 56.3 Å². The standard InChI is InChI=1S/C29H31N3O5/c1-18(2)25(31-24(33)17-19-12-13-20-8-6-7-11-22(20)16-19)27(34)30-23-14-15-32(28(23)35)26(29(36)37)21-9-4-3-5-10-21/h3-13,16,18,23,25-26H,14-15,17H2,1-2H3,(H,30,34)(H,31,33)(H,36,37). The van der Waals surface area contributed by atoms with Crippen molar-refractivity contribution >= 4 is 34.5 Å². The molecule has 0 bridgehead atoms. The van der Waals surface area contributed by atoms with Gasteiger partial charge < -0.3 is 20.6 Å². The number of carboxylic acids is 1. The molecule has 37 heavy (non-hydrogen) atoms. The van der Waals surface area contributed by atoms with Gasteiger partial charge in [-0.3, -0.25) is 14.4 Å². The number of carbonyl (C=O) groups is 4. The Hall–Kier alpha value is -4.20. The fraction of sp³-hybridized carbons (Fsp3) is 0.310. The van der Waals surface area contributed by atoms with Crippen molar-refractivity contribution in [3.8, 4) is 0 Å². The first-order valence-electron chi connectivity index (χ1n) is 12.4. The van der Waals surface area contributed by atoms with Crippen molar-refractivity contribution in [1.82, 2.24) is 15.5 Å². The number of nitrogens with zero attached hydrogens (tertiary/aromatic N) is 1. The number of aliphatic carboxylic acids is 1. The van der Waals surface area contributed by atoms with Crippen molar-refractivity contribution < 1.29 is 24.3 Å². The minimum Gasteiger partial charge on any atom is -0.479 e. The number of rotatable bonds is 9. The Morgan fingerprint density at radius 3 is 2.32 bits per heavy atom. The maximum atomic E-state index is 13.1. The lowest BCUT2D eigenvalue weighted by molar-refractivity contribution is -0.149. The van der Waals surface area contributed by atoms with E-state index in [0.29, 0.717) is 5.56 Å². The van der Waals surface area contributed by atoms with Gasteiger partial charge in [0.1, 0.15) is 12.1 Å². The molecular weight excluding hydrogens is 470 g/mol. The van der Waals surface area contributed by atoms with E-state index in [1.54, 1.807) is 30.3 Å². The Balaban J connectivity index is 1.40. The van der Waals surface area contributed by atoms with E-state index in [1.165, 1.54) is 4.90 Å². The van der Waals surface area contributed by atoms with Crippen molar-refractivity contribution in [2.24, 2.45) is 5.92 Å². The van der Waals surface area contributed by atoms with Gasteiger partial charge in [0.15, 0.2) is 6.04 Å². The Labute approximate surface area is 215 Å². The van der Waals surface area contributed by atoms with Gasteiger partial charge in [0.05, 0.1) is 6.42 Å². The second-order valence-corrected chi connectivity index (χ2v) is 9.68. The minimum atomic E-state index is -1.13. The summed E-state index contributed by atoms with van der Waals surface area (Å²) >= 11 is 0. The van der Waals surface area contributed by atoms with Gasteiger partial charge in [-0.1, -0.05) is 86.6 Å². The van der Waals surface area contributed by atoms with Gasteiger partial charge >= 0.3 is 5.97 Å². The van der Waals surface area contributed by atoms with E-state index < -0.39 is 35.9 Å². The average Bonchev–Trinajstić information content (AvgIpc) is 3.22. The fourth-order valence-electron chi connectivity index (χ4n) is 4.74. The molecule has 3 aromatic carbocycles. The van der Waals surface area contributed by atoms with Crippen LogP contribution in [0.3, 0.4) is 0 Å². The highest BCUT2D eigenvalue weighted by molar-refractivity contribution is 5.95. The first kappa shape index (κ1) is 25.9. The van der Waals surface area contributed by atoms with Crippen molar-refractivity contribution in [2.45, 2.75) is 44.8 Å². The van der Waals surface area contributed by atoms with Crippen molar-refractivity contribution in [3.63, 3.8) is 0 Å². The third kappa shape index (κ3) is 5.97. The molecule has 8 heteroatoms. The normalized spacial score (nSPS) is 17.0. The lowest BCUT2D eigenvalue weighted by Gasteiger charge is -2.26. The summed E-state index contributed by atoms with van der Waals surface area (Å²) in [6.07, 6.45) is 0.409. The quantitative estimate of drug-likeness (QED) is 0.417. The Morgan fingerprint density at radius 2 is 1.65 bits per heavy atom. The third-order valence-electron chi connectivity index (χ3n) is 6.66. The van der Waals surface area contributed by atoms with E-state index in [4.69, 9.17) is 0 Å².